The van der Waals surface area contributed by atoms with Crippen LogP contribution in [0.25, 0.3) is 0 Å². The van der Waals surface area contributed by atoms with Gasteiger partial charge in [0.05, 0.1) is 11.8 Å². The Bertz CT molecular complexity index is 378. The summed E-state index contributed by atoms with van der Waals surface area (Å²) in [4.78, 5) is 36.5. The topological polar surface area (TPSA) is 86.7 Å². The van der Waals surface area contributed by atoms with E-state index in [-0.39, 0.29) is 11.8 Å². The standard InChI is InChI=1S/C12H18N2O4/c1-7-10(15)13-5-6-14(7)11(16)8-3-2-4-9(8)12(17)18/h7-9H,2-6H2,1H3,(H,13,15)(H,17,18)/t7?,8-,9+/m1/s1. The van der Waals surface area contributed by atoms with E-state index >= 15 is 0 Å². The second kappa shape index (κ2) is 4.96. The summed E-state index contributed by atoms with van der Waals surface area (Å²) in [5.74, 6) is -2.30. The molecule has 2 fully saturated rings. The van der Waals surface area contributed by atoms with Gasteiger partial charge in [0.2, 0.25) is 11.8 Å². The third-order valence-corrected chi connectivity index (χ3v) is 3.93. The van der Waals surface area contributed by atoms with Crippen molar-refractivity contribution in [3.05, 3.63) is 0 Å². The second-order valence-corrected chi connectivity index (χ2v) is 4.98. The molecule has 1 saturated carbocycles. The van der Waals surface area contributed by atoms with Crippen LogP contribution in [0.3, 0.4) is 0 Å². The van der Waals surface area contributed by atoms with E-state index in [0.717, 1.165) is 6.42 Å². The molecule has 1 heterocycles. The number of hydrogen-bond donors (Lipinski definition) is 2. The minimum atomic E-state index is -0.903. The minimum Gasteiger partial charge on any atom is -0.481 e. The highest BCUT2D eigenvalue weighted by Crippen LogP contribution is 2.33. The zero-order valence-electron chi connectivity index (χ0n) is 10.4. The van der Waals surface area contributed by atoms with Gasteiger partial charge in [0.1, 0.15) is 6.04 Å². The Hall–Kier alpha value is -1.59. The molecule has 2 N–H and O–H groups in total. The van der Waals surface area contributed by atoms with Crippen LogP contribution in [0.15, 0.2) is 0 Å². The average molecular weight is 254 g/mol. The maximum atomic E-state index is 12.4. The van der Waals surface area contributed by atoms with Crippen LogP contribution in [0.5, 0.6) is 0 Å². The molecule has 0 spiro atoms. The Balaban J connectivity index is 2.10. The monoisotopic (exact) mass is 254 g/mol. The fourth-order valence-electron chi connectivity index (χ4n) is 2.85. The van der Waals surface area contributed by atoms with Crippen molar-refractivity contribution in [2.45, 2.75) is 32.2 Å². The van der Waals surface area contributed by atoms with Crippen LogP contribution in [0.1, 0.15) is 26.2 Å². The molecule has 18 heavy (non-hydrogen) atoms. The molecule has 1 saturated heterocycles. The van der Waals surface area contributed by atoms with Crippen LogP contribution < -0.4 is 5.32 Å². The molecule has 0 radical (unpaired) electrons. The number of rotatable bonds is 2. The van der Waals surface area contributed by atoms with Crippen LogP contribution in [0.4, 0.5) is 0 Å². The predicted octanol–water partition coefficient (Wildman–Crippen LogP) is -0.166. The van der Waals surface area contributed by atoms with E-state index in [9.17, 15) is 14.4 Å². The Morgan fingerprint density at radius 1 is 1.33 bits per heavy atom. The summed E-state index contributed by atoms with van der Waals surface area (Å²) >= 11 is 0. The predicted molar refractivity (Wildman–Crippen MR) is 62.7 cm³/mol. The molecule has 2 rings (SSSR count). The second-order valence-electron chi connectivity index (χ2n) is 4.98. The van der Waals surface area contributed by atoms with Crippen molar-refractivity contribution in [1.82, 2.24) is 10.2 Å². The Morgan fingerprint density at radius 2 is 2.00 bits per heavy atom. The van der Waals surface area contributed by atoms with E-state index in [4.69, 9.17) is 5.11 Å². The van der Waals surface area contributed by atoms with Crippen molar-refractivity contribution in [2.24, 2.45) is 11.8 Å². The highest BCUT2D eigenvalue weighted by atomic mass is 16.4. The van der Waals surface area contributed by atoms with E-state index in [0.29, 0.717) is 25.9 Å². The number of carboxylic acids is 1. The van der Waals surface area contributed by atoms with Gasteiger partial charge in [-0.2, -0.15) is 0 Å². The van der Waals surface area contributed by atoms with E-state index in [2.05, 4.69) is 5.32 Å². The molecule has 1 unspecified atom stereocenters. The number of amides is 2. The lowest BCUT2D eigenvalue weighted by Crippen LogP contribution is -2.57. The number of hydrogen-bond acceptors (Lipinski definition) is 3. The lowest BCUT2D eigenvalue weighted by atomic mass is 9.94. The van der Waals surface area contributed by atoms with Crippen LogP contribution in [0.2, 0.25) is 0 Å². The van der Waals surface area contributed by atoms with Gasteiger partial charge in [0, 0.05) is 13.1 Å². The van der Waals surface area contributed by atoms with Gasteiger partial charge < -0.3 is 15.3 Å². The number of nitrogens with one attached hydrogen (secondary N) is 1. The highest BCUT2D eigenvalue weighted by molar-refractivity contribution is 5.91. The molecule has 6 heteroatoms. The van der Waals surface area contributed by atoms with Gasteiger partial charge in [0.25, 0.3) is 0 Å². The van der Waals surface area contributed by atoms with E-state index in [1.165, 1.54) is 4.90 Å². The summed E-state index contributed by atoms with van der Waals surface area (Å²) in [6, 6.07) is -0.499. The number of nitrogens with zero attached hydrogens (tertiary/aromatic N) is 1. The summed E-state index contributed by atoms with van der Waals surface area (Å²) in [5, 5.41) is 11.8. The van der Waals surface area contributed by atoms with Gasteiger partial charge >= 0.3 is 5.97 Å². The third-order valence-electron chi connectivity index (χ3n) is 3.93. The van der Waals surface area contributed by atoms with Crippen LogP contribution in [-0.4, -0.2) is 46.9 Å². The number of piperazine rings is 1. The zero-order chi connectivity index (χ0) is 13.3. The van der Waals surface area contributed by atoms with Crippen LogP contribution >= 0.6 is 0 Å². The number of carbonyl (C=O) groups is 3. The third kappa shape index (κ3) is 2.19. The van der Waals surface area contributed by atoms with Crippen molar-refractivity contribution in [1.29, 1.82) is 0 Å². The Kier molecular flexibility index (Phi) is 3.54. The fourth-order valence-corrected chi connectivity index (χ4v) is 2.85. The first-order valence-corrected chi connectivity index (χ1v) is 6.33. The maximum absolute atomic E-state index is 12.4. The number of carbonyl (C=O) groups excluding carboxylic acids is 2. The molecular weight excluding hydrogens is 236 g/mol. The SMILES string of the molecule is CC1C(=O)NCCN1C(=O)[C@@H]1CCC[C@@H]1C(=O)O. The fraction of sp³-hybridized carbons (Fsp3) is 0.750. The molecule has 0 aromatic heterocycles. The van der Waals surface area contributed by atoms with Crippen molar-refractivity contribution in [3.63, 3.8) is 0 Å². The number of carboxylic acid groups (broad SMARTS) is 1. The van der Waals surface area contributed by atoms with Crippen molar-refractivity contribution in [3.8, 4) is 0 Å². The maximum Gasteiger partial charge on any atom is 0.307 e. The van der Waals surface area contributed by atoms with Crippen LogP contribution in [0, 0.1) is 11.8 Å². The molecule has 1 aliphatic heterocycles. The molecule has 2 amide bonds. The first-order valence-electron chi connectivity index (χ1n) is 6.33. The van der Waals surface area contributed by atoms with E-state index in [1.54, 1.807) is 6.92 Å². The van der Waals surface area contributed by atoms with Crippen molar-refractivity contribution in [2.75, 3.05) is 13.1 Å². The van der Waals surface area contributed by atoms with Gasteiger partial charge in [-0.25, -0.2) is 0 Å². The highest BCUT2D eigenvalue weighted by Gasteiger charge is 2.42. The summed E-state index contributed by atoms with van der Waals surface area (Å²) in [5.41, 5.74) is 0. The molecule has 6 nitrogen and oxygen atoms in total. The molecule has 0 bridgehead atoms. The van der Waals surface area contributed by atoms with Gasteiger partial charge in [0.15, 0.2) is 0 Å². The van der Waals surface area contributed by atoms with Gasteiger partial charge in [-0.3, -0.25) is 14.4 Å². The first-order chi connectivity index (χ1) is 8.52. The molecule has 0 aromatic carbocycles. The van der Waals surface area contributed by atoms with E-state index < -0.39 is 23.8 Å². The summed E-state index contributed by atoms with van der Waals surface area (Å²) < 4.78 is 0. The summed E-state index contributed by atoms with van der Waals surface area (Å²) in [6.45, 7) is 2.59. The van der Waals surface area contributed by atoms with E-state index in [1.807, 2.05) is 0 Å². The average Bonchev–Trinajstić information content (AvgIpc) is 2.81. The molecule has 0 aromatic rings. The lowest BCUT2D eigenvalue weighted by molar-refractivity contribution is -0.152. The first kappa shape index (κ1) is 12.9. The summed E-state index contributed by atoms with van der Waals surface area (Å²) in [6.07, 6.45) is 1.93. The van der Waals surface area contributed by atoms with Crippen LogP contribution in [-0.2, 0) is 14.4 Å². The molecule has 100 valence electrons. The normalized spacial score (nSPS) is 32.2. The largest absolute Gasteiger partial charge is 0.481 e. The Morgan fingerprint density at radius 3 is 2.67 bits per heavy atom. The van der Waals surface area contributed by atoms with Gasteiger partial charge in [-0.05, 0) is 19.8 Å². The zero-order valence-corrected chi connectivity index (χ0v) is 10.4. The molecular formula is C12H18N2O4. The quantitative estimate of drug-likeness (QED) is 0.716. The lowest BCUT2D eigenvalue weighted by Gasteiger charge is -2.35. The summed E-state index contributed by atoms with van der Waals surface area (Å²) in [7, 11) is 0. The minimum absolute atomic E-state index is 0.167. The smallest absolute Gasteiger partial charge is 0.307 e. The molecule has 2 aliphatic rings. The number of aliphatic carboxylic acids is 1. The van der Waals surface area contributed by atoms with Gasteiger partial charge in [-0.1, -0.05) is 6.42 Å². The van der Waals surface area contributed by atoms with Gasteiger partial charge in [-0.15, -0.1) is 0 Å². The molecule has 1 aliphatic carbocycles. The Labute approximate surface area is 105 Å². The van der Waals surface area contributed by atoms with Crippen molar-refractivity contribution >= 4 is 17.8 Å². The van der Waals surface area contributed by atoms with Crippen molar-refractivity contribution < 1.29 is 19.5 Å². The molecule has 3 atom stereocenters.